The third kappa shape index (κ3) is 2.61. The van der Waals surface area contributed by atoms with Crippen LogP contribution in [0, 0.1) is 0 Å². The van der Waals surface area contributed by atoms with Crippen LogP contribution in [0.25, 0.3) is 0 Å². The first-order valence-corrected chi connectivity index (χ1v) is 5.75. The summed E-state index contributed by atoms with van der Waals surface area (Å²) in [5.41, 5.74) is 0. The molecule has 2 rings (SSSR count). The third-order valence-corrected chi connectivity index (χ3v) is 3.16. The lowest BCUT2D eigenvalue weighted by Gasteiger charge is -2.30. The average molecular weight is 209 g/mol. The van der Waals surface area contributed by atoms with E-state index in [-0.39, 0.29) is 18.2 Å². The Hall–Kier alpha value is -0.800. The van der Waals surface area contributed by atoms with Gasteiger partial charge < -0.3 is 14.8 Å². The topological polar surface area (TPSA) is 45.4 Å². The van der Waals surface area contributed by atoms with Crippen LogP contribution in [0.4, 0.5) is 0 Å². The summed E-state index contributed by atoms with van der Waals surface area (Å²) in [6.45, 7) is 2.07. The first-order chi connectivity index (χ1) is 7.27. The van der Waals surface area contributed by atoms with E-state index >= 15 is 0 Å². The first-order valence-electron chi connectivity index (χ1n) is 5.75. The number of rotatable bonds is 3. The monoisotopic (exact) mass is 209 g/mol. The second-order valence-electron chi connectivity index (χ2n) is 4.36. The highest BCUT2D eigenvalue weighted by Crippen LogP contribution is 2.22. The standard InChI is InChI=1S/C12H19NO2/c1-9(12-7-4-8-15-12)13-10-5-2-3-6-11(10)14/h4,7-11,13-14H,2-3,5-6H2,1H3/t9?,10-,11-/m0/s1. The molecule has 3 nitrogen and oxygen atoms in total. The maximum Gasteiger partial charge on any atom is 0.120 e. The van der Waals surface area contributed by atoms with Gasteiger partial charge in [-0.1, -0.05) is 12.8 Å². The molecule has 0 amide bonds. The first kappa shape index (κ1) is 10.7. The van der Waals surface area contributed by atoms with Gasteiger partial charge in [0.1, 0.15) is 5.76 Å². The molecule has 0 bridgehead atoms. The smallest absolute Gasteiger partial charge is 0.120 e. The molecule has 84 valence electrons. The normalized spacial score (nSPS) is 28.9. The van der Waals surface area contributed by atoms with Gasteiger partial charge in [-0.25, -0.2) is 0 Å². The maximum atomic E-state index is 9.82. The van der Waals surface area contributed by atoms with Crippen molar-refractivity contribution in [3.8, 4) is 0 Å². The van der Waals surface area contributed by atoms with Crippen LogP contribution >= 0.6 is 0 Å². The van der Waals surface area contributed by atoms with E-state index < -0.39 is 0 Å². The molecule has 0 aromatic carbocycles. The average Bonchev–Trinajstić information content (AvgIpc) is 2.74. The summed E-state index contributed by atoms with van der Waals surface area (Å²) in [5, 5.41) is 13.2. The van der Waals surface area contributed by atoms with Crippen LogP contribution in [0.2, 0.25) is 0 Å². The number of aliphatic hydroxyl groups excluding tert-OH is 1. The highest BCUT2D eigenvalue weighted by Gasteiger charge is 2.24. The van der Waals surface area contributed by atoms with Crippen molar-refractivity contribution < 1.29 is 9.52 Å². The fraction of sp³-hybridized carbons (Fsp3) is 0.667. The van der Waals surface area contributed by atoms with E-state index in [4.69, 9.17) is 4.42 Å². The highest BCUT2D eigenvalue weighted by atomic mass is 16.3. The molecule has 1 fully saturated rings. The van der Waals surface area contributed by atoms with Gasteiger partial charge in [-0.2, -0.15) is 0 Å². The van der Waals surface area contributed by atoms with Gasteiger partial charge in [0.15, 0.2) is 0 Å². The molecule has 1 saturated carbocycles. The van der Waals surface area contributed by atoms with Crippen LogP contribution in [0.15, 0.2) is 22.8 Å². The van der Waals surface area contributed by atoms with E-state index in [1.807, 2.05) is 12.1 Å². The lowest BCUT2D eigenvalue weighted by molar-refractivity contribution is 0.0845. The van der Waals surface area contributed by atoms with Gasteiger partial charge in [0, 0.05) is 6.04 Å². The van der Waals surface area contributed by atoms with Gasteiger partial charge in [-0.15, -0.1) is 0 Å². The molecule has 1 aliphatic rings. The van der Waals surface area contributed by atoms with Crippen molar-refractivity contribution in [2.24, 2.45) is 0 Å². The Labute approximate surface area is 90.5 Å². The molecule has 1 unspecified atom stereocenters. The third-order valence-electron chi connectivity index (χ3n) is 3.16. The fourth-order valence-electron chi connectivity index (χ4n) is 2.25. The maximum absolute atomic E-state index is 9.82. The molecular weight excluding hydrogens is 190 g/mol. The molecule has 0 radical (unpaired) electrons. The predicted octanol–water partition coefficient (Wildman–Crippen LogP) is 2.23. The van der Waals surface area contributed by atoms with Crippen molar-refractivity contribution in [3.05, 3.63) is 24.2 Å². The Kier molecular flexibility index (Phi) is 3.44. The van der Waals surface area contributed by atoms with E-state index in [1.165, 1.54) is 6.42 Å². The summed E-state index contributed by atoms with van der Waals surface area (Å²) in [4.78, 5) is 0. The minimum Gasteiger partial charge on any atom is -0.468 e. The molecule has 0 aliphatic heterocycles. The van der Waals surface area contributed by atoms with Gasteiger partial charge in [0.25, 0.3) is 0 Å². The molecule has 3 atom stereocenters. The Morgan fingerprint density at radius 3 is 2.93 bits per heavy atom. The largest absolute Gasteiger partial charge is 0.468 e. The minimum absolute atomic E-state index is 0.178. The van der Waals surface area contributed by atoms with Crippen molar-refractivity contribution in [2.75, 3.05) is 0 Å². The lowest BCUT2D eigenvalue weighted by Crippen LogP contribution is -2.43. The molecular formula is C12H19NO2. The van der Waals surface area contributed by atoms with Gasteiger partial charge in [-0.05, 0) is 31.9 Å². The van der Waals surface area contributed by atoms with Gasteiger partial charge in [0.05, 0.1) is 18.4 Å². The molecule has 1 heterocycles. The number of hydrogen-bond donors (Lipinski definition) is 2. The zero-order valence-corrected chi connectivity index (χ0v) is 9.15. The molecule has 3 heteroatoms. The Balaban J connectivity index is 1.90. The second kappa shape index (κ2) is 4.81. The van der Waals surface area contributed by atoms with Crippen LogP contribution in [-0.4, -0.2) is 17.3 Å². The van der Waals surface area contributed by atoms with Crippen molar-refractivity contribution in [1.29, 1.82) is 0 Å². The second-order valence-corrected chi connectivity index (χ2v) is 4.36. The molecule has 15 heavy (non-hydrogen) atoms. The molecule has 1 aromatic rings. The fourth-order valence-corrected chi connectivity index (χ4v) is 2.25. The molecule has 1 aliphatic carbocycles. The number of furan rings is 1. The highest BCUT2D eigenvalue weighted by molar-refractivity contribution is 5.03. The van der Waals surface area contributed by atoms with Crippen LogP contribution in [0.1, 0.15) is 44.4 Å². The summed E-state index contributed by atoms with van der Waals surface area (Å²) < 4.78 is 5.33. The van der Waals surface area contributed by atoms with Crippen LogP contribution in [0.3, 0.4) is 0 Å². The quantitative estimate of drug-likeness (QED) is 0.802. The van der Waals surface area contributed by atoms with Crippen molar-refractivity contribution in [3.63, 3.8) is 0 Å². The summed E-state index contributed by atoms with van der Waals surface area (Å²) in [6, 6.07) is 4.26. The van der Waals surface area contributed by atoms with E-state index in [0.29, 0.717) is 0 Å². The lowest BCUT2D eigenvalue weighted by atomic mass is 9.92. The van der Waals surface area contributed by atoms with Gasteiger partial charge in [0.2, 0.25) is 0 Å². The van der Waals surface area contributed by atoms with Gasteiger partial charge in [-0.3, -0.25) is 0 Å². The SMILES string of the molecule is CC(N[C@H]1CCCC[C@@H]1O)c1ccco1. The van der Waals surface area contributed by atoms with E-state index in [9.17, 15) is 5.11 Å². The molecule has 1 aromatic heterocycles. The molecule has 0 spiro atoms. The summed E-state index contributed by atoms with van der Waals surface area (Å²) >= 11 is 0. The molecule has 2 N–H and O–H groups in total. The van der Waals surface area contributed by atoms with Crippen molar-refractivity contribution >= 4 is 0 Å². The van der Waals surface area contributed by atoms with Crippen LogP contribution < -0.4 is 5.32 Å². The van der Waals surface area contributed by atoms with E-state index in [1.54, 1.807) is 6.26 Å². The summed E-state index contributed by atoms with van der Waals surface area (Å²) in [5.74, 6) is 0.938. The van der Waals surface area contributed by atoms with Gasteiger partial charge >= 0.3 is 0 Å². The number of aliphatic hydroxyl groups is 1. The predicted molar refractivity (Wildman–Crippen MR) is 58.5 cm³/mol. The number of nitrogens with one attached hydrogen (secondary N) is 1. The van der Waals surface area contributed by atoms with Crippen LogP contribution in [0.5, 0.6) is 0 Å². The Morgan fingerprint density at radius 2 is 2.27 bits per heavy atom. The van der Waals surface area contributed by atoms with Crippen molar-refractivity contribution in [1.82, 2.24) is 5.32 Å². The van der Waals surface area contributed by atoms with E-state index in [2.05, 4.69) is 12.2 Å². The van der Waals surface area contributed by atoms with Crippen molar-refractivity contribution in [2.45, 2.75) is 50.8 Å². The zero-order chi connectivity index (χ0) is 10.7. The molecule has 0 saturated heterocycles. The Morgan fingerprint density at radius 1 is 1.47 bits per heavy atom. The van der Waals surface area contributed by atoms with Crippen LogP contribution in [-0.2, 0) is 0 Å². The Bertz CT molecular complexity index is 284. The minimum atomic E-state index is -0.198. The number of hydrogen-bond acceptors (Lipinski definition) is 3. The summed E-state index contributed by atoms with van der Waals surface area (Å²) in [6.07, 6.45) is 5.82. The zero-order valence-electron chi connectivity index (χ0n) is 9.15. The van der Waals surface area contributed by atoms with E-state index in [0.717, 1.165) is 25.0 Å². The summed E-state index contributed by atoms with van der Waals surface area (Å²) in [7, 11) is 0.